The van der Waals surface area contributed by atoms with E-state index in [1.165, 1.54) is 31.7 Å². The normalized spacial score (nSPS) is 22.2. The predicted molar refractivity (Wildman–Crippen MR) is 85.9 cm³/mol. The molecule has 0 amide bonds. The van der Waals surface area contributed by atoms with Gasteiger partial charge in [0.15, 0.2) is 0 Å². The van der Waals surface area contributed by atoms with Gasteiger partial charge in [0.25, 0.3) is 5.69 Å². The zero-order valence-corrected chi connectivity index (χ0v) is 13.2. The first kappa shape index (κ1) is 16.2. The molecule has 5 heteroatoms. The van der Waals surface area contributed by atoms with Crippen molar-refractivity contribution in [2.24, 2.45) is 5.92 Å². The van der Waals surface area contributed by atoms with Gasteiger partial charge in [-0.25, -0.2) is 0 Å². The Balaban J connectivity index is 2.06. The van der Waals surface area contributed by atoms with Crippen LogP contribution in [0.15, 0.2) is 18.2 Å². The van der Waals surface area contributed by atoms with E-state index in [2.05, 4.69) is 12.2 Å². The smallest absolute Gasteiger partial charge is 0.270 e. The van der Waals surface area contributed by atoms with E-state index in [1.54, 1.807) is 6.07 Å². The fourth-order valence-electron chi connectivity index (χ4n) is 3.15. The van der Waals surface area contributed by atoms with E-state index in [4.69, 9.17) is 11.6 Å². The summed E-state index contributed by atoms with van der Waals surface area (Å²) in [5.41, 5.74) is 1.09. The number of non-ortho nitro benzene ring substituents is 1. The molecule has 1 N–H and O–H groups in total. The second kappa shape index (κ2) is 7.76. The number of hydrogen-bond acceptors (Lipinski definition) is 3. The Morgan fingerprint density at radius 2 is 2.14 bits per heavy atom. The van der Waals surface area contributed by atoms with Crippen LogP contribution in [0.2, 0.25) is 5.02 Å². The highest BCUT2D eigenvalue weighted by Crippen LogP contribution is 2.31. The van der Waals surface area contributed by atoms with E-state index in [0.717, 1.165) is 24.9 Å². The molecule has 1 aromatic rings. The molecule has 1 aliphatic carbocycles. The minimum Gasteiger partial charge on any atom is -0.314 e. The van der Waals surface area contributed by atoms with Gasteiger partial charge < -0.3 is 5.32 Å². The van der Waals surface area contributed by atoms with Crippen LogP contribution in [0.1, 0.15) is 44.6 Å². The summed E-state index contributed by atoms with van der Waals surface area (Å²) >= 11 is 6.22. The van der Waals surface area contributed by atoms with Gasteiger partial charge in [0, 0.05) is 18.2 Å². The number of nitrogens with zero attached hydrogens (tertiary/aromatic N) is 1. The summed E-state index contributed by atoms with van der Waals surface area (Å²) in [6, 6.07) is 5.38. The number of nitro groups is 1. The fourth-order valence-corrected chi connectivity index (χ4v) is 3.40. The van der Waals surface area contributed by atoms with Crippen LogP contribution in [-0.4, -0.2) is 17.5 Å². The first-order valence-corrected chi connectivity index (χ1v) is 8.15. The van der Waals surface area contributed by atoms with Crippen molar-refractivity contribution in [1.29, 1.82) is 0 Å². The van der Waals surface area contributed by atoms with Crippen LogP contribution in [0.5, 0.6) is 0 Å². The highest BCUT2D eigenvalue weighted by atomic mass is 35.5. The lowest BCUT2D eigenvalue weighted by Crippen LogP contribution is -2.39. The van der Waals surface area contributed by atoms with Gasteiger partial charge in [0.05, 0.1) is 9.95 Å². The third-order valence-corrected chi connectivity index (χ3v) is 4.65. The van der Waals surface area contributed by atoms with Crippen LogP contribution in [0.4, 0.5) is 5.69 Å². The molecule has 0 aromatic heterocycles. The lowest BCUT2D eigenvalue weighted by Gasteiger charge is -2.32. The molecule has 116 valence electrons. The summed E-state index contributed by atoms with van der Waals surface area (Å²) in [4.78, 5) is 10.4. The van der Waals surface area contributed by atoms with Crippen LogP contribution in [0.25, 0.3) is 0 Å². The SMILES string of the molecule is CCCNC1CCCCC1Cc1ccc([N+](=O)[O-])cc1Cl. The summed E-state index contributed by atoms with van der Waals surface area (Å²) in [5.74, 6) is 0.573. The maximum atomic E-state index is 10.8. The first-order valence-electron chi connectivity index (χ1n) is 7.78. The number of nitro benzene ring substituents is 1. The molecule has 0 bridgehead atoms. The van der Waals surface area contributed by atoms with Crippen LogP contribution < -0.4 is 5.32 Å². The molecule has 0 aliphatic heterocycles. The van der Waals surface area contributed by atoms with E-state index in [0.29, 0.717) is 17.0 Å². The van der Waals surface area contributed by atoms with E-state index < -0.39 is 4.92 Å². The maximum Gasteiger partial charge on any atom is 0.270 e. The molecule has 1 aliphatic rings. The van der Waals surface area contributed by atoms with Crippen molar-refractivity contribution in [1.82, 2.24) is 5.32 Å². The lowest BCUT2D eigenvalue weighted by atomic mass is 9.80. The zero-order chi connectivity index (χ0) is 15.2. The van der Waals surface area contributed by atoms with Crippen molar-refractivity contribution < 1.29 is 4.92 Å². The van der Waals surface area contributed by atoms with Crippen LogP contribution in [0, 0.1) is 16.0 Å². The highest BCUT2D eigenvalue weighted by Gasteiger charge is 2.25. The number of benzene rings is 1. The predicted octanol–water partition coefficient (Wildman–Crippen LogP) is 4.35. The van der Waals surface area contributed by atoms with Crippen molar-refractivity contribution in [2.45, 2.75) is 51.5 Å². The Morgan fingerprint density at radius 1 is 1.38 bits per heavy atom. The molecular weight excluding hydrogens is 288 g/mol. The fraction of sp³-hybridized carbons (Fsp3) is 0.625. The Bertz CT molecular complexity index is 493. The Labute approximate surface area is 131 Å². The average molecular weight is 311 g/mol. The van der Waals surface area contributed by atoms with Crippen molar-refractivity contribution in [2.75, 3.05) is 6.54 Å². The molecule has 21 heavy (non-hydrogen) atoms. The Hall–Kier alpha value is -1.13. The van der Waals surface area contributed by atoms with Crippen molar-refractivity contribution in [3.8, 4) is 0 Å². The molecule has 4 nitrogen and oxygen atoms in total. The summed E-state index contributed by atoms with van der Waals surface area (Å²) in [5, 5.41) is 14.9. The average Bonchev–Trinajstić information content (AvgIpc) is 2.48. The number of nitrogens with one attached hydrogen (secondary N) is 1. The number of rotatable bonds is 6. The molecule has 0 heterocycles. The van der Waals surface area contributed by atoms with Crippen molar-refractivity contribution in [3.63, 3.8) is 0 Å². The number of halogens is 1. The summed E-state index contributed by atoms with van der Waals surface area (Å²) in [6.07, 6.45) is 7.01. The van der Waals surface area contributed by atoms with Gasteiger partial charge in [-0.1, -0.05) is 37.4 Å². The van der Waals surface area contributed by atoms with Gasteiger partial charge >= 0.3 is 0 Å². The Morgan fingerprint density at radius 3 is 2.81 bits per heavy atom. The summed E-state index contributed by atoms with van der Waals surface area (Å²) in [7, 11) is 0. The molecule has 2 unspecified atom stereocenters. The highest BCUT2D eigenvalue weighted by molar-refractivity contribution is 6.31. The lowest BCUT2D eigenvalue weighted by molar-refractivity contribution is -0.384. The van der Waals surface area contributed by atoms with Crippen LogP contribution in [-0.2, 0) is 6.42 Å². The monoisotopic (exact) mass is 310 g/mol. The molecule has 0 spiro atoms. The van der Waals surface area contributed by atoms with Gasteiger partial charge in [0.1, 0.15) is 0 Å². The largest absolute Gasteiger partial charge is 0.314 e. The second-order valence-corrected chi connectivity index (χ2v) is 6.25. The molecule has 2 atom stereocenters. The van der Waals surface area contributed by atoms with Crippen molar-refractivity contribution >= 4 is 17.3 Å². The molecule has 2 rings (SSSR count). The molecule has 0 saturated heterocycles. The zero-order valence-electron chi connectivity index (χ0n) is 12.5. The van der Waals surface area contributed by atoms with Crippen LogP contribution >= 0.6 is 11.6 Å². The molecule has 1 saturated carbocycles. The standard InChI is InChI=1S/C16H23ClN2O2/c1-2-9-18-16-6-4-3-5-13(16)10-12-7-8-14(19(20)21)11-15(12)17/h7-8,11,13,16,18H,2-6,9-10H2,1H3. The van der Waals surface area contributed by atoms with Gasteiger partial charge in [-0.05, 0) is 43.7 Å². The van der Waals surface area contributed by atoms with Gasteiger partial charge in [-0.2, -0.15) is 0 Å². The second-order valence-electron chi connectivity index (χ2n) is 5.84. The summed E-state index contributed by atoms with van der Waals surface area (Å²) in [6.45, 7) is 3.23. The van der Waals surface area contributed by atoms with E-state index in [9.17, 15) is 10.1 Å². The van der Waals surface area contributed by atoms with Gasteiger partial charge in [-0.15, -0.1) is 0 Å². The topological polar surface area (TPSA) is 55.2 Å². The van der Waals surface area contributed by atoms with Crippen LogP contribution in [0.3, 0.4) is 0 Å². The number of hydrogen-bond donors (Lipinski definition) is 1. The molecule has 0 radical (unpaired) electrons. The third-order valence-electron chi connectivity index (χ3n) is 4.30. The quantitative estimate of drug-likeness (QED) is 0.628. The minimum absolute atomic E-state index is 0.0630. The van der Waals surface area contributed by atoms with Gasteiger partial charge in [0.2, 0.25) is 0 Å². The molecule has 1 aromatic carbocycles. The minimum atomic E-state index is -0.401. The van der Waals surface area contributed by atoms with E-state index >= 15 is 0 Å². The maximum absolute atomic E-state index is 10.8. The van der Waals surface area contributed by atoms with Gasteiger partial charge in [-0.3, -0.25) is 10.1 Å². The molecule has 1 fully saturated rings. The first-order chi connectivity index (χ1) is 10.1. The Kier molecular flexibility index (Phi) is 6.00. The third kappa shape index (κ3) is 4.42. The molecular formula is C16H23ClN2O2. The van der Waals surface area contributed by atoms with E-state index in [1.807, 2.05) is 6.07 Å². The summed E-state index contributed by atoms with van der Waals surface area (Å²) < 4.78 is 0. The van der Waals surface area contributed by atoms with Crippen molar-refractivity contribution in [3.05, 3.63) is 38.9 Å². The van der Waals surface area contributed by atoms with E-state index in [-0.39, 0.29) is 5.69 Å².